The van der Waals surface area contributed by atoms with Crippen LogP contribution in [0.25, 0.3) is 0 Å². The molecule has 0 spiro atoms. The van der Waals surface area contributed by atoms with Crippen molar-refractivity contribution in [1.29, 1.82) is 0 Å². The fraction of sp³-hybridized carbons (Fsp3) is 0.250. The molecule has 196 valence electrons. The van der Waals surface area contributed by atoms with Gasteiger partial charge in [0, 0.05) is 30.3 Å². The van der Waals surface area contributed by atoms with E-state index in [-0.39, 0.29) is 18.5 Å². The van der Waals surface area contributed by atoms with Crippen LogP contribution in [0.5, 0.6) is 5.75 Å². The lowest BCUT2D eigenvalue weighted by Crippen LogP contribution is -2.55. The molecule has 3 N–H and O–H groups in total. The molecule has 0 bridgehead atoms. The van der Waals surface area contributed by atoms with E-state index in [2.05, 4.69) is 35.2 Å². The Labute approximate surface area is 222 Å². The molecule has 1 heterocycles. The van der Waals surface area contributed by atoms with Gasteiger partial charge in [-0.15, -0.1) is 0 Å². The number of hydrogen-bond donors (Lipinski definition) is 2. The highest BCUT2D eigenvalue weighted by Crippen LogP contribution is 2.40. The fourth-order valence-electron chi connectivity index (χ4n) is 5.67. The topological polar surface area (TPSA) is 58.7 Å². The summed E-state index contributed by atoms with van der Waals surface area (Å²) in [5.41, 5.74) is 11.3. The molecule has 3 atom stereocenters. The van der Waals surface area contributed by atoms with Crippen molar-refractivity contribution in [2.45, 2.75) is 43.6 Å². The van der Waals surface area contributed by atoms with Crippen molar-refractivity contribution >= 4 is 0 Å². The van der Waals surface area contributed by atoms with Gasteiger partial charge in [-0.05, 0) is 53.3 Å². The molecule has 0 aromatic heterocycles. The van der Waals surface area contributed by atoms with E-state index in [9.17, 15) is 13.9 Å². The predicted molar refractivity (Wildman–Crippen MR) is 145 cm³/mol. The number of nitrogens with zero attached hydrogens (tertiary/aromatic N) is 1. The molecule has 0 amide bonds. The van der Waals surface area contributed by atoms with E-state index in [4.69, 9.17) is 10.5 Å². The molecule has 1 unspecified atom stereocenters. The number of aliphatic hydroxyl groups excluding tert-OH is 1. The van der Waals surface area contributed by atoms with Gasteiger partial charge in [0.1, 0.15) is 17.4 Å². The van der Waals surface area contributed by atoms with Crippen molar-refractivity contribution in [3.05, 3.63) is 137 Å². The van der Waals surface area contributed by atoms with Crippen LogP contribution in [0.15, 0.2) is 97.1 Å². The summed E-state index contributed by atoms with van der Waals surface area (Å²) in [5, 5.41) is 11.7. The number of hydrogen-bond acceptors (Lipinski definition) is 4. The molecule has 5 rings (SSSR count). The lowest BCUT2D eigenvalue weighted by molar-refractivity contribution is 0.00549. The Morgan fingerprint density at radius 3 is 2.08 bits per heavy atom. The number of benzene rings is 4. The summed E-state index contributed by atoms with van der Waals surface area (Å²) in [6, 6.07) is 28.5. The lowest BCUT2D eigenvalue weighted by atomic mass is 9.83. The molecule has 0 aliphatic carbocycles. The second kappa shape index (κ2) is 11.4. The molecule has 4 aromatic rings. The Morgan fingerprint density at radius 1 is 0.895 bits per heavy atom. The molecule has 0 fully saturated rings. The van der Waals surface area contributed by atoms with Gasteiger partial charge in [0.25, 0.3) is 0 Å². The summed E-state index contributed by atoms with van der Waals surface area (Å²) in [6.07, 6.45) is -0.266. The van der Waals surface area contributed by atoms with Crippen LogP contribution in [0.1, 0.15) is 33.9 Å². The van der Waals surface area contributed by atoms with E-state index in [1.807, 2.05) is 48.5 Å². The minimum atomic E-state index is -0.962. The number of fused-ring (bicyclic) bond motifs is 1. The van der Waals surface area contributed by atoms with Crippen LogP contribution in [0.2, 0.25) is 0 Å². The highest BCUT2D eigenvalue weighted by Gasteiger charge is 2.39. The van der Waals surface area contributed by atoms with E-state index in [1.165, 1.54) is 12.1 Å². The zero-order valence-electron chi connectivity index (χ0n) is 21.3. The second-order valence-corrected chi connectivity index (χ2v) is 9.90. The minimum absolute atomic E-state index is 0.145. The summed E-state index contributed by atoms with van der Waals surface area (Å²) in [5.74, 6) is -0.509. The zero-order valence-corrected chi connectivity index (χ0v) is 21.3. The Hall–Kier alpha value is -3.58. The van der Waals surface area contributed by atoms with Crippen molar-refractivity contribution in [2.24, 2.45) is 5.73 Å². The molecule has 0 radical (unpaired) electrons. The average molecular weight is 515 g/mol. The highest BCUT2D eigenvalue weighted by atomic mass is 19.1. The van der Waals surface area contributed by atoms with Gasteiger partial charge >= 0.3 is 0 Å². The number of nitrogens with two attached hydrogens (primary N) is 1. The Balaban J connectivity index is 1.56. The third-order valence-electron chi connectivity index (χ3n) is 7.43. The quantitative estimate of drug-likeness (QED) is 0.330. The third kappa shape index (κ3) is 5.48. The Morgan fingerprint density at radius 2 is 1.50 bits per heavy atom. The summed E-state index contributed by atoms with van der Waals surface area (Å²) in [7, 11) is 1.67. The number of rotatable bonds is 8. The first-order chi connectivity index (χ1) is 18.4. The van der Waals surface area contributed by atoms with Crippen LogP contribution in [0, 0.1) is 11.6 Å². The van der Waals surface area contributed by atoms with Gasteiger partial charge in [-0.2, -0.15) is 0 Å². The second-order valence-electron chi connectivity index (χ2n) is 9.90. The largest absolute Gasteiger partial charge is 0.496 e. The van der Waals surface area contributed by atoms with Gasteiger partial charge in [-0.25, -0.2) is 8.78 Å². The van der Waals surface area contributed by atoms with Crippen LogP contribution < -0.4 is 10.5 Å². The normalized spacial score (nSPS) is 17.2. The number of methoxy groups -OCH3 is 1. The number of aliphatic hydroxyl groups is 1. The van der Waals surface area contributed by atoms with Gasteiger partial charge < -0.3 is 15.6 Å². The van der Waals surface area contributed by atoms with E-state index in [1.54, 1.807) is 7.11 Å². The first-order valence-electron chi connectivity index (χ1n) is 12.8. The zero-order chi connectivity index (χ0) is 26.6. The molecular weight excluding hydrogens is 482 g/mol. The maximum absolute atomic E-state index is 13.9. The lowest BCUT2D eigenvalue weighted by Gasteiger charge is -2.45. The average Bonchev–Trinajstić information content (AvgIpc) is 2.92. The SMILES string of the molecule is COc1cccc2c1CN(C(c1ccccc1)c1ccccc1)C([C@@H](O)[C@@H](N)Cc1cc(F)cc(F)c1)C2. The standard InChI is InChI=1S/C32H32F2N2O2/c1-38-30-14-8-13-24-18-29(32(37)28(35)17-21-15-25(33)19-26(34)16-21)36(20-27(24)30)31(22-9-4-2-5-10-22)23-11-6-3-7-12-23/h2-16,19,28-29,31-32,37H,17-18,20,35H2,1H3/t28-,29?,32-/m0/s1. The molecule has 4 aromatic carbocycles. The monoisotopic (exact) mass is 514 g/mol. The first kappa shape index (κ1) is 26.0. The van der Waals surface area contributed by atoms with Crippen molar-refractivity contribution in [3.8, 4) is 5.75 Å². The Bertz CT molecular complexity index is 1310. The van der Waals surface area contributed by atoms with Crippen molar-refractivity contribution < 1.29 is 18.6 Å². The maximum atomic E-state index is 13.9. The van der Waals surface area contributed by atoms with Crippen LogP contribution in [-0.2, 0) is 19.4 Å². The van der Waals surface area contributed by atoms with Crippen molar-refractivity contribution in [1.82, 2.24) is 4.90 Å². The van der Waals surface area contributed by atoms with E-state index < -0.39 is 23.8 Å². The van der Waals surface area contributed by atoms with Crippen LogP contribution in [0.3, 0.4) is 0 Å². The van der Waals surface area contributed by atoms with Gasteiger partial charge in [0.05, 0.1) is 19.3 Å². The molecular formula is C32H32F2N2O2. The smallest absolute Gasteiger partial charge is 0.126 e. The third-order valence-corrected chi connectivity index (χ3v) is 7.43. The molecule has 38 heavy (non-hydrogen) atoms. The molecule has 0 saturated carbocycles. The first-order valence-corrected chi connectivity index (χ1v) is 12.8. The minimum Gasteiger partial charge on any atom is -0.496 e. The van der Waals surface area contributed by atoms with E-state index >= 15 is 0 Å². The van der Waals surface area contributed by atoms with E-state index in [0.717, 1.165) is 34.1 Å². The van der Waals surface area contributed by atoms with Gasteiger partial charge in [-0.1, -0.05) is 72.8 Å². The predicted octanol–water partition coefficient (Wildman–Crippen LogP) is 5.42. The molecule has 1 aliphatic heterocycles. The number of halogens is 2. The number of ether oxygens (including phenoxy) is 1. The molecule has 6 heteroatoms. The van der Waals surface area contributed by atoms with Crippen LogP contribution in [0.4, 0.5) is 8.78 Å². The van der Waals surface area contributed by atoms with Crippen LogP contribution in [-0.4, -0.2) is 35.3 Å². The fourth-order valence-corrected chi connectivity index (χ4v) is 5.67. The van der Waals surface area contributed by atoms with Crippen molar-refractivity contribution in [3.63, 3.8) is 0 Å². The van der Waals surface area contributed by atoms with Gasteiger partial charge in [0.15, 0.2) is 0 Å². The highest BCUT2D eigenvalue weighted by molar-refractivity contribution is 5.44. The summed E-state index contributed by atoms with van der Waals surface area (Å²) < 4.78 is 33.4. The van der Waals surface area contributed by atoms with Gasteiger partial charge in [-0.3, -0.25) is 4.90 Å². The summed E-state index contributed by atoms with van der Waals surface area (Å²) in [4.78, 5) is 2.28. The molecule has 0 saturated heterocycles. The van der Waals surface area contributed by atoms with E-state index in [0.29, 0.717) is 18.5 Å². The maximum Gasteiger partial charge on any atom is 0.126 e. The summed E-state index contributed by atoms with van der Waals surface area (Å²) >= 11 is 0. The van der Waals surface area contributed by atoms with Crippen molar-refractivity contribution in [2.75, 3.05) is 7.11 Å². The Kier molecular flexibility index (Phi) is 7.84. The van der Waals surface area contributed by atoms with Crippen LogP contribution >= 0.6 is 0 Å². The van der Waals surface area contributed by atoms with Gasteiger partial charge in [0.2, 0.25) is 0 Å². The molecule has 4 nitrogen and oxygen atoms in total. The molecule has 1 aliphatic rings. The summed E-state index contributed by atoms with van der Waals surface area (Å²) in [6.45, 7) is 0.539.